The molecular formula is C23H31N3O4. The Labute approximate surface area is 177 Å². The van der Waals surface area contributed by atoms with Crippen molar-refractivity contribution in [2.45, 2.75) is 26.5 Å². The molecule has 1 N–H and O–H groups in total. The number of aliphatic hydroxyl groups is 1. The van der Waals surface area contributed by atoms with Gasteiger partial charge in [0.15, 0.2) is 23.4 Å². The monoisotopic (exact) mass is 413 g/mol. The van der Waals surface area contributed by atoms with Crippen LogP contribution in [-0.4, -0.2) is 83.8 Å². The van der Waals surface area contributed by atoms with Crippen LogP contribution < -0.4 is 9.47 Å². The maximum absolute atomic E-state index is 13.0. The van der Waals surface area contributed by atoms with Gasteiger partial charge in [0.25, 0.3) is 0 Å². The second kappa shape index (κ2) is 9.20. The van der Waals surface area contributed by atoms with E-state index in [0.29, 0.717) is 26.2 Å². The molecule has 1 aromatic carbocycles. The highest BCUT2D eigenvalue weighted by Gasteiger charge is 2.25. The minimum absolute atomic E-state index is 0.0905. The van der Waals surface area contributed by atoms with Gasteiger partial charge in [-0.1, -0.05) is 12.1 Å². The lowest BCUT2D eigenvalue weighted by Gasteiger charge is -2.33. The number of carbonyl (C=O) groups excluding carboxylic acids is 1. The zero-order valence-electron chi connectivity index (χ0n) is 17.8. The van der Waals surface area contributed by atoms with Crippen LogP contribution in [0.25, 0.3) is 0 Å². The summed E-state index contributed by atoms with van der Waals surface area (Å²) in [5, 5.41) is 9.07. The number of hydrogen-bond donors (Lipinski definition) is 1. The van der Waals surface area contributed by atoms with Gasteiger partial charge in [0.1, 0.15) is 6.61 Å². The fourth-order valence-electron chi connectivity index (χ4n) is 4.32. The first-order valence-corrected chi connectivity index (χ1v) is 10.7. The number of benzene rings is 1. The smallest absolute Gasteiger partial charge is 0.178 e. The minimum Gasteiger partial charge on any atom is -0.486 e. The highest BCUT2D eigenvalue weighted by Crippen LogP contribution is 2.31. The van der Waals surface area contributed by atoms with Crippen LogP contribution in [-0.2, 0) is 6.54 Å². The average Bonchev–Trinajstić information content (AvgIpc) is 3.03. The van der Waals surface area contributed by atoms with Crippen molar-refractivity contribution < 1.29 is 19.4 Å². The summed E-state index contributed by atoms with van der Waals surface area (Å²) < 4.78 is 14.1. The van der Waals surface area contributed by atoms with Gasteiger partial charge in [0.05, 0.1) is 19.7 Å². The van der Waals surface area contributed by atoms with E-state index in [1.165, 1.54) is 0 Å². The molecule has 1 unspecified atom stereocenters. The van der Waals surface area contributed by atoms with E-state index in [1.807, 2.05) is 44.2 Å². The molecule has 2 aromatic rings. The van der Waals surface area contributed by atoms with Crippen LogP contribution in [0.2, 0.25) is 0 Å². The number of rotatable bonds is 7. The molecule has 1 atom stereocenters. The Morgan fingerprint density at radius 3 is 2.53 bits per heavy atom. The third kappa shape index (κ3) is 4.53. The molecule has 30 heavy (non-hydrogen) atoms. The predicted octanol–water partition coefficient (Wildman–Crippen LogP) is 1.74. The van der Waals surface area contributed by atoms with Crippen LogP contribution in [0.4, 0.5) is 0 Å². The Bertz CT molecular complexity index is 887. The van der Waals surface area contributed by atoms with Crippen molar-refractivity contribution in [1.29, 1.82) is 0 Å². The zero-order chi connectivity index (χ0) is 21.1. The van der Waals surface area contributed by atoms with Gasteiger partial charge in [-0.3, -0.25) is 14.6 Å². The summed E-state index contributed by atoms with van der Waals surface area (Å²) in [4.78, 5) is 17.4. The first-order chi connectivity index (χ1) is 14.5. The number of nitrogens with zero attached hydrogens (tertiary/aromatic N) is 3. The third-order valence-corrected chi connectivity index (χ3v) is 6.08. The Balaban J connectivity index is 1.38. The number of hydrogen-bond acceptors (Lipinski definition) is 6. The molecule has 0 saturated carbocycles. The molecule has 162 valence electrons. The Hall–Kier alpha value is -2.35. The van der Waals surface area contributed by atoms with E-state index < -0.39 is 0 Å². The number of ketones is 1. The molecule has 2 aliphatic rings. The number of para-hydroxylation sites is 2. The Kier molecular flexibility index (Phi) is 6.41. The molecule has 7 nitrogen and oxygen atoms in total. The molecule has 2 aliphatic heterocycles. The molecule has 3 heterocycles. The average molecular weight is 414 g/mol. The van der Waals surface area contributed by atoms with E-state index in [1.54, 1.807) is 0 Å². The van der Waals surface area contributed by atoms with Crippen LogP contribution in [0, 0.1) is 13.8 Å². The molecule has 0 aliphatic carbocycles. The normalized spacial score (nSPS) is 19.8. The number of aromatic nitrogens is 1. The zero-order valence-corrected chi connectivity index (χ0v) is 17.8. The molecular weight excluding hydrogens is 382 g/mol. The fraction of sp³-hybridized carbons (Fsp3) is 0.522. The molecule has 1 aromatic heterocycles. The number of Topliss-reactive ketones (excluding diaryl/α,β-unsaturated/α-hetero) is 1. The molecule has 1 saturated heterocycles. The van der Waals surface area contributed by atoms with Crippen LogP contribution in [0.15, 0.2) is 30.3 Å². The summed E-state index contributed by atoms with van der Waals surface area (Å²) in [5.74, 6) is 1.72. The summed E-state index contributed by atoms with van der Waals surface area (Å²) in [6.45, 7) is 10.0. The maximum atomic E-state index is 13.0. The molecule has 0 bridgehead atoms. The van der Waals surface area contributed by atoms with Gasteiger partial charge in [0, 0.05) is 49.7 Å². The van der Waals surface area contributed by atoms with Crippen LogP contribution >= 0.6 is 0 Å². The molecule has 0 amide bonds. The first-order valence-electron chi connectivity index (χ1n) is 10.7. The summed E-state index contributed by atoms with van der Waals surface area (Å²) in [5.41, 5.74) is 2.84. The molecule has 4 rings (SSSR count). The molecule has 0 radical (unpaired) electrons. The SMILES string of the molecule is Cc1cc(C(=O)CN2CCN(CCO)CC2)c(C)n1CC1COc2ccccc2O1. The van der Waals surface area contributed by atoms with Crippen LogP contribution in [0.1, 0.15) is 21.7 Å². The van der Waals surface area contributed by atoms with Crippen LogP contribution in [0.3, 0.4) is 0 Å². The maximum Gasteiger partial charge on any atom is 0.178 e. The van der Waals surface area contributed by atoms with Crippen molar-refractivity contribution in [1.82, 2.24) is 14.4 Å². The van der Waals surface area contributed by atoms with Crippen molar-refractivity contribution in [2.75, 3.05) is 52.5 Å². The standard InChI is InChI=1S/C23H31N3O4/c1-17-13-20(21(28)15-25-9-7-24(8-10-25)11-12-27)18(2)26(17)14-19-16-29-22-5-3-4-6-23(22)30-19/h3-6,13,19,27H,7-12,14-16H2,1-2H3. The Morgan fingerprint density at radius 2 is 1.80 bits per heavy atom. The van der Waals surface area contributed by atoms with E-state index in [2.05, 4.69) is 14.4 Å². The number of aryl methyl sites for hydroxylation is 1. The lowest BCUT2D eigenvalue weighted by molar-refractivity contribution is 0.0774. The summed E-state index contributed by atoms with van der Waals surface area (Å²) in [6.07, 6.45) is -0.0905. The van der Waals surface area contributed by atoms with Gasteiger partial charge in [0.2, 0.25) is 0 Å². The largest absolute Gasteiger partial charge is 0.486 e. The number of β-amino-alcohol motifs (C(OH)–C–C–N with tert-alkyl or cyclic N) is 1. The molecule has 0 spiro atoms. The number of ether oxygens (including phenoxy) is 2. The minimum atomic E-state index is -0.0905. The fourth-order valence-corrected chi connectivity index (χ4v) is 4.32. The number of aliphatic hydroxyl groups excluding tert-OH is 1. The van der Waals surface area contributed by atoms with Gasteiger partial charge >= 0.3 is 0 Å². The second-order valence-electron chi connectivity index (χ2n) is 8.16. The van der Waals surface area contributed by atoms with E-state index >= 15 is 0 Å². The van der Waals surface area contributed by atoms with E-state index in [4.69, 9.17) is 14.6 Å². The van der Waals surface area contributed by atoms with Gasteiger partial charge < -0.3 is 19.1 Å². The number of piperazine rings is 1. The van der Waals surface area contributed by atoms with Gasteiger partial charge in [-0.2, -0.15) is 0 Å². The first kappa shape index (κ1) is 20.9. The van der Waals surface area contributed by atoms with E-state index in [9.17, 15) is 4.79 Å². The van der Waals surface area contributed by atoms with Gasteiger partial charge in [-0.15, -0.1) is 0 Å². The van der Waals surface area contributed by atoms with E-state index in [0.717, 1.165) is 54.6 Å². The summed E-state index contributed by atoms with van der Waals surface area (Å²) in [6, 6.07) is 9.71. The lowest BCUT2D eigenvalue weighted by Crippen LogP contribution is -2.48. The van der Waals surface area contributed by atoms with Crippen molar-refractivity contribution in [3.05, 3.63) is 47.3 Å². The molecule has 7 heteroatoms. The summed E-state index contributed by atoms with van der Waals surface area (Å²) in [7, 11) is 0. The topological polar surface area (TPSA) is 67.2 Å². The Morgan fingerprint density at radius 1 is 1.10 bits per heavy atom. The van der Waals surface area contributed by atoms with Crippen molar-refractivity contribution in [3.63, 3.8) is 0 Å². The van der Waals surface area contributed by atoms with Crippen molar-refractivity contribution in [3.8, 4) is 11.5 Å². The van der Waals surface area contributed by atoms with Crippen molar-refractivity contribution >= 4 is 5.78 Å². The number of fused-ring (bicyclic) bond motifs is 1. The van der Waals surface area contributed by atoms with E-state index in [-0.39, 0.29) is 18.5 Å². The highest BCUT2D eigenvalue weighted by molar-refractivity contribution is 5.99. The quantitative estimate of drug-likeness (QED) is 0.698. The predicted molar refractivity (Wildman–Crippen MR) is 115 cm³/mol. The van der Waals surface area contributed by atoms with Crippen molar-refractivity contribution in [2.24, 2.45) is 0 Å². The van der Waals surface area contributed by atoms with Gasteiger partial charge in [-0.25, -0.2) is 0 Å². The third-order valence-electron chi connectivity index (χ3n) is 6.08. The number of carbonyl (C=O) groups is 1. The molecule has 1 fully saturated rings. The van der Waals surface area contributed by atoms with Crippen LogP contribution in [0.5, 0.6) is 11.5 Å². The second-order valence-corrected chi connectivity index (χ2v) is 8.16. The van der Waals surface area contributed by atoms with Gasteiger partial charge in [-0.05, 0) is 32.0 Å². The lowest BCUT2D eigenvalue weighted by atomic mass is 10.1. The summed E-state index contributed by atoms with van der Waals surface area (Å²) >= 11 is 0. The highest BCUT2D eigenvalue weighted by atomic mass is 16.6.